The van der Waals surface area contributed by atoms with Crippen LogP contribution in [0.2, 0.25) is 0 Å². The van der Waals surface area contributed by atoms with E-state index in [1.807, 2.05) is 6.92 Å². The molecule has 3 aromatic rings. The SMILES string of the molecule is CCOC(=O)c1cccc(NC(=O)C2CN(S(=O)(=O)c3ccc(C)cc3)c3ccccc3O2)c1. The van der Waals surface area contributed by atoms with Crippen LogP contribution in [0.1, 0.15) is 22.8 Å². The summed E-state index contributed by atoms with van der Waals surface area (Å²) in [7, 11) is -3.94. The second kappa shape index (κ2) is 9.56. The third-order valence-electron chi connectivity index (χ3n) is 5.28. The van der Waals surface area contributed by atoms with Crippen LogP contribution in [-0.2, 0) is 19.6 Å². The normalized spacial score (nSPS) is 15.1. The van der Waals surface area contributed by atoms with Crippen molar-refractivity contribution in [3.05, 3.63) is 83.9 Å². The molecule has 0 bridgehead atoms. The molecule has 0 aliphatic carbocycles. The summed E-state index contributed by atoms with van der Waals surface area (Å²) < 4.78 is 38.9. The van der Waals surface area contributed by atoms with Gasteiger partial charge in [0.15, 0.2) is 6.10 Å². The summed E-state index contributed by atoms with van der Waals surface area (Å²) in [4.78, 5) is 25.2. The summed E-state index contributed by atoms with van der Waals surface area (Å²) in [5, 5.41) is 2.71. The fourth-order valence-corrected chi connectivity index (χ4v) is 5.04. The molecular formula is C25H24N2O6S. The van der Waals surface area contributed by atoms with Crippen molar-refractivity contribution >= 4 is 33.3 Å². The molecule has 1 unspecified atom stereocenters. The first kappa shape index (κ1) is 23.3. The minimum Gasteiger partial charge on any atom is -0.476 e. The second-order valence-electron chi connectivity index (χ2n) is 7.71. The molecule has 1 heterocycles. The van der Waals surface area contributed by atoms with Crippen molar-refractivity contribution in [2.45, 2.75) is 24.8 Å². The molecule has 0 saturated heterocycles. The number of carbonyl (C=O) groups is 2. The number of ether oxygens (including phenoxy) is 2. The quantitative estimate of drug-likeness (QED) is 0.539. The third kappa shape index (κ3) is 4.74. The summed E-state index contributed by atoms with van der Waals surface area (Å²) in [6.07, 6.45) is -1.11. The molecule has 34 heavy (non-hydrogen) atoms. The van der Waals surface area contributed by atoms with Crippen molar-refractivity contribution in [2.75, 3.05) is 22.8 Å². The zero-order valence-electron chi connectivity index (χ0n) is 18.7. The maximum absolute atomic E-state index is 13.5. The number of benzene rings is 3. The zero-order valence-corrected chi connectivity index (χ0v) is 19.5. The molecule has 0 spiro atoms. The van der Waals surface area contributed by atoms with E-state index < -0.39 is 28.0 Å². The van der Waals surface area contributed by atoms with Gasteiger partial charge in [-0.05, 0) is 56.3 Å². The van der Waals surface area contributed by atoms with Gasteiger partial charge in [0, 0.05) is 5.69 Å². The van der Waals surface area contributed by atoms with E-state index >= 15 is 0 Å². The van der Waals surface area contributed by atoms with Crippen LogP contribution in [0.4, 0.5) is 11.4 Å². The van der Waals surface area contributed by atoms with Crippen LogP contribution >= 0.6 is 0 Å². The maximum Gasteiger partial charge on any atom is 0.338 e. The number of carbonyl (C=O) groups excluding carboxylic acids is 2. The Balaban J connectivity index is 1.61. The first-order valence-electron chi connectivity index (χ1n) is 10.7. The molecular weight excluding hydrogens is 456 g/mol. The van der Waals surface area contributed by atoms with Crippen LogP contribution in [0.3, 0.4) is 0 Å². The number of sulfonamides is 1. The summed E-state index contributed by atoms with van der Waals surface area (Å²) in [6.45, 7) is 3.60. The number of nitrogens with one attached hydrogen (secondary N) is 1. The highest BCUT2D eigenvalue weighted by molar-refractivity contribution is 7.92. The van der Waals surface area contributed by atoms with Crippen LogP contribution in [-0.4, -0.2) is 39.5 Å². The van der Waals surface area contributed by atoms with E-state index in [2.05, 4.69) is 5.32 Å². The Bertz CT molecular complexity index is 1320. The fourth-order valence-electron chi connectivity index (χ4n) is 3.56. The number of rotatable bonds is 6. The Morgan fingerprint density at radius 1 is 1.06 bits per heavy atom. The van der Waals surface area contributed by atoms with Crippen molar-refractivity contribution in [3.8, 4) is 5.75 Å². The van der Waals surface area contributed by atoms with Gasteiger partial charge in [0.25, 0.3) is 15.9 Å². The van der Waals surface area contributed by atoms with Gasteiger partial charge in [-0.3, -0.25) is 9.10 Å². The van der Waals surface area contributed by atoms with Gasteiger partial charge in [-0.2, -0.15) is 0 Å². The van der Waals surface area contributed by atoms with Crippen LogP contribution in [0.25, 0.3) is 0 Å². The Hall–Kier alpha value is -3.85. The van der Waals surface area contributed by atoms with E-state index in [-0.39, 0.29) is 29.4 Å². The molecule has 9 heteroatoms. The van der Waals surface area contributed by atoms with Crippen molar-refractivity contribution < 1.29 is 27.5 Å². The summed E-state index contributed by atoms with van der Waals surface area (Å²) in [5.74, 6) is -0.763. The van der Waals surface area contributed by atoms with E-state index in [1.54, 1.807) is 73.7 Å². The van der Waals surface area contributed by atoms with Gasteiger partial charge >= 0.3 is 5.97 Å². The van der Waals surface area contributed by atoms with Crippen LogP contribution in [0.5, 0.6) is 5.75 Å². The molecule has 4 rings (SSSR count). The van der Waals surface area contributed by atoms with Gasteiger partial charge in [-0.25, -0.2) is 13.2 Å². The Kier molecular flexibility index (Phi) is 6.56. The lowest BCUT2D eigenvalue weighted by Crippen LogP contribution is -2.48. The number of nitrogens with zero attached hydrogens (tertiary/aromatic N) is 1. The Morgan fingerprint density at radius 2 is 1.79 bits per heavy atom. The maximum atomic E-state index is 13.5. The van der Waals surface area contributed by atoms with E-state index in [0.29, 0.717) is 11.4 Å². The Morgan fingerprint density at radius 3 is 2.53 bits per heavy atom. The summed E-state index contributed by atoms with van der Waals surface area (Å²) in [6, 6.07) is 19.5. The van der Waals surface area contributed by atoms with E-state index in [1.165, 1.54) is 10.4 Å². The molecule has 0 fully saturated rings. The predicted molar refractivity (Wildman–Crippen MR) is 128 cm³/mol. The standard InChI is InChI=1S/C25H24N2O6S/c1-3-32-25(29)18-7-6-8-19(15-18)26-24(28)23-16-27(21-9-4-5-10-22(21)33-23)34(30,31)20-13-11-17(2)12-14-20/h4-15,23H,3,16H2,1-2H3,(H,26,28). The molecule has 8 nitrogen and oxygen atoms in total. The van der Waals surface area contributed by atoms with Gasteiger partial charge in [0.1, 0.15) is 5.75 Å². The highest BCUT2D eigenvalue weighted by atomic mass is 32.2. The van der Waals surface area contributed by atoms with Crippen molar-refractivity contribution in [1.29, 1.82) is 0 Å². The number of fused-ring (bicyclic) bond motifs is 1. The molecule has 1 amide bonds. The molecule has 176 valence electrons. The first-order chi connectivity index (χ1) is 16.3. The summed E-state index contributed by atoms with van der Waals surface area (Å²) in [5.41, 5.74) is 1.95. The van der Waals surface area contributed by atoms with E-state index in [9.17, 15) is 18.0 Å². The largest absolute Gasteiger partial charge is 0.476 e. The van der Waals surface area contributed by atoms with Gasteiger partial charge in [-0.1, -0.05) is 35.9 Å². The van der Waals surface area contributed by atoms with Crippen LogP contribution < -0.4 is 14.4 Å². The highest BCUT2D eigenvalue weighted by Gasteiger charge is 2.37. The molecule has 0 radical (unpaired) electrons. The first-order valence-corrected chi connectivity index (χ1v) is 12.2. The number of hydrogen-bond acceptors (Lipinski definition) is 6. The number of esters is 1. The summed E-state index contributed by atoms with van der Waals surface area (Å²) >= 11 is 0. The molecule has 1 atom stereocenters. The van der Waals surface area contributed by atoms with Gasteiger partial charge in [-0.15, -0.1) is 0 Å². The number of hydrogen-bond donors (Lipinski definition) is 1. The average molecular weight is 481 g/mol. The van der Waals surface area contributed by atoms with E-state index in [4.69, 9.17) is 9.47 Å². The number of para-hydroxylation sites is 2. The molecule has 0 aromatic heterocycles. The van der Waals surface area contributed by atoms with Gasteiger partial charge in [0.05, 0.1) is 29.3 Å². The monoisotopic (exact) mass is 480 g/mol. The van der Waals surface area contributed by atoms with Crippen molar-refractivity contribution in [3.63, 3.8) is 0 Å². The lowest BCUT2D eigenvalue weighted by Gasteiger charge is -2.34. The molecule has 1 N–H and O–H groups in total. The minimum absolute atomic E-state index is 0.121. The average Bonchev–Trinajstić information content (AvgIpc) is 2.84. The smallest absolute Gasteiger partial charge is 0.338 e. The van der Waals surface area contributed by atoms with Gasteiger partial charge in [0.2, 0.25) is 0 Å². The fraction of sp³-hybridized carbons (Fsp3) is 0.200. The van der Waals surface area contributed by atoms with Crippen LogP contribution in [0.15, 0.2) is 77.7 Å². The van der Waals surface area contributed by atoms with Crippen molar-refractivity contribution in [1.82, 2.24) is 0 Å². The third-order valence-corrected chi connectivity index (χ3v) is 7.07. The topological polar surface area (TPSA) is 102 Å². The zero-order chi connectivity index (χ0) is 24.3. The van der Waals surface area contributed by atoms with Gasteiger partial charge < -0.3 is 14.8 Å². The molecule has 1 aliphatic heterocycles. The number of anilines is 2. The number of aryl methyl sites for hydroxylation is 1. The van der Waals surface area contributed by atoms with E-state index in [0.717, 1.165) is 5.56 Å². The molecule has 1 aliphatic rings. The Labute approximate surface area is 198 Å². The van der Waals surface area contributed by atoms with Crippen molar-refractivity contribution in [2.24, 2.45) is 0 Å². The second-order valence-corrected chi connectivity index (χ2v) is 9.58. The lowest BCUT2D eigenvalue weighted by molar-refractivity contribution is -0.122. The van der Waals surface area contributed by atoms with Crippen LogP contribution in [0, 0.1) is 6.92 Å². The molecule has 3 aromatic carbocycles. The predicted octanol–water partition coefficient (Wildman–Crippen LogP) is 3.77. The minimum atomic E-state index is -3.94. The lowest BCUT2D eigenvalue weighted by atomic mass is 10.2. The molecule has 0 saturated carbocycles. The highest BCUT2D eigenvalue weighted by Crippen LogP contribution is 2.37. The number of amides is 1.